The smallest absolute Gasteiger partial charge is 0.227 e. The van der Waals surface area contributed by atoms with Gasteiger partial charge in [-0.05, 0) is 41.5 Å². The lowest BCUT2D eigenvalue weighted by Crippen LogP contribution is -2.04. The minimum atomic E-state index is 0.508. The lowest BCUT2D eigenvalue weighted by molar-refractivity contribution is 0.146. The van der Waals surface area contributed by atoms with Gasteiger partial charge in [-0.15, -0.1) is 0 Å². The van der Waals surface area contributed by atoms with Crippen LogP contribution in [0.3, 0.4) is 0 Å². The summed E-state index contributed by atoms with van der Waals surface area (Å²) < 4.78 is 16.7. The van der Waals surface area contributed by atoms with E-state index in [-0.39, 0.29) is 0 Å². The largest absolute Gasteiger partial charge is 0.491 e. The fraction of sp³-hybridized carbons (Fsp3) is 0.136. The van der Waals surface area contributed by atoms with Crippen LogP contribution < -0.4 is 4.74 Å². The first kappa shape index (κ1) is 16.4. The van der Waals surface area contributed by atoms with E-state index in [1.165, 1.54) is 0 Å². The van der Waals surface area contributed by atoms with E-state index in [2.05, 4.69) is 23.2 Å². The average Bonchev–Trinajstić information content (AvgIpc) is 3.12. The number of benzene rings is 3. The van der Waals surface area contributed by atoms with Gasteiger partial charge < -0.3 is 13.9 Å². The fourth-order valence-corrected chi connectivity index (χ4v) is 2.82. The first-order valence-corrected chi connectivity index (χ1v) is 8.52. The van der Waals surface area contributed by atoms with Crippen LogP contribution in [0.5, 0.6) is 5.75 Å². The zero-order valence-corrected chi connectivity index (χ0v) is 14.5. The lowest BCUT2D eigenvalue weighted by Gasteiger charge is -2.05. The monoisotopic (exact) mass is 345 g/mol. The lowest BCUT2D eigenvalue weighted by atomic mass is 10.1. The van der Waals surface area contributed by atoms with Crippen LogP contribution in [0.4, 0.5) is 0 Å². The van der Waals surface area contributed by atoms with Gasteiger partial charge >= 0.3 is 0 Å². The maximum absolute atomic E-state index is 6.01. The van der Waals surface area contributed by atoms with Gasteiger partial charge in [0.15, 0.2) is 5.58 Å². The second-order valence-corrected chi connectivity index (χ2v) is 5.94. The number of ether oxygens (including phenoxy) is 2. The molecule has 0 radical (unpaired) electrons. The first-order valence-electron chi connectivity index (χ1n) is 8.52. The van der Waals surface area contributed by atoms with E-state index < -0.39 is 0 Å². The Kier molecular flexibility index (Phi) is 4.67. The molecule has 0 aliphatic carbocycles. The van der Waals surface area contributed by atoms with Crippen molar-refractivity contribution in [1.29, 1.82) is 0 Å². The number of aromatic nitrogens is 1. The van der Waals surface area contributed by atoms with Crippen molar-refractivity contribution in [2.24, 2.45) is 0 Å². The highest BCUT2D eigenvalue weighted by atomic mass is 16.5. The molecule has 0 aliphatic heterocycles. The van der Waals surface area contributed by atoms with Crippen molar-refractivity contribution < 1.29 is 13.9 Å². The van der Waals surface area contributed by atoms with Gasteiger partial charge in [-0.2, -0.15) is 0 Å². The second-order valence-electron chi connectivity index (χ2n) is 5.94. The van der Waals surface area contributed by atoms with E-state index in [4.69, 9.17) is 13.9 Å². The third kappa shape index (κ3) is 3.46. The summed E-state index contributed by atoms with van der Waals surface area (Å²) in [5, 5.41) is 0. The number of hydrogen-bond donors (Lipinski definition) is 0. The summed E-state index contributed by atoms with van der Waals surface area (Å²) in [6.07, 6.45) is 0. The molecular weight excluding hydrogens is 326 g/mol. The number of hydrogen-bond acceptors (Lipinski definition) is 4. The van der Waals surface area contributed by atoms with Crippen LogP contribution in [-0.4, -0.2) is 25.3 Å². The van der Waals surface area contributed by atoms with Crippen LogP contribution >= 0.6 is 0 Å². The number of nitrogens with zero attached hydrogens (tertiary/aromatic N) is 1. The molecule has 4 nitrogen and oxygen atoms in total. The molecule has 1 aromatic heterocycles. The van der Waals surface area contributed by atoms with Crippen LogP contribution in [-0.2, 0) is 4.74 Å². The molecule has 0 saturated carbocycles. The first-order chi connectivity index (χ1) is 12.8. The molecule has 0 unspecified atom stereocenters. The van der Waals surface area contributed by atoms with Crippen molar-refractivity contribution in [3.05, 3.63) is 72.8 Å². The predicted molar refractivity (Wildman–Crippen MR) is 102 cm³/mol. The molecule has 26 heavy (non-hydrogen) atoms. The summed E-state index contributed by atoms with van der Waals surface area (Å²) in [5.41, 5.74) is 4.76. The molecule has 0 bridgehead atoms. The fourth-order valence-electron chi connectivity index (χ4n) is 2.82. The molecule has 0 spiro atoms. The van der Waals surface area contributed by atoms with Gasteiger partial charge in [0.2, 0.25) is 5.89 Å². The molecule has 0 amide bonds. The van der Waals surface area contributed by atoms with Crippen molar-refractivity contribution in [3.63, 3.8) is 0 Å². The van der Waals surface area contributed by atoms with Crippen LogP contribution in [0, 0.1) is 0 Å². The van der Waals surface area contributed by atoms with Crippen molar-refractivity contribution in [3.8, 4) is 28.3 Å². The van der Waals surface area contributed by atoms with Gasteiger partial charge in [0.05, 0.1) is 6.61 Å². The average molecular weight is 345 g/mol. The maximum Gasteiger partial charge on any atom is 0.227 e. The van der Waals surface area contributed by atoms with Gasteiger partial charge in [0.25, 0.3) is 0 Å². The standard InChI is InChI=1S/C22H19NO3/c1-24-12-13-25-19-9-5-8-18(14-19)22-23-20-11-10-17(15-21(20)26-22)16-6-3-2-4-7-16/h2-11,14-15H,12-13H2,1H3. The van der Waals surface area contributed by atoms with Crippen molar-refractivity contribution in [1.82, 2.24) is 4.98 Å². The van der Waals surface area contributed by atoms with Crippen molar-refractivity contribution in [2.45, 2.75) is 0 Å². The minimum Gasteiger partial charge on any atom is -0.491 e. The predicted octanol–water partition coefficient (Wildman–Crippen LogP) is 5.19. The van der Waals surface area contributed by atoms with E-state index >= 15 is 0 Å². The molecule has 0 aliphatic rings. The Hall–Kier alpha value is -3.11. The summed E-state index contributed by atoms with van der Waals surface area (Å²) in [5.74, 6) is 1.36. The second kappa shape index (κ2) is 7.42. The van der Waals surface area contributed by atoms with Crippen LogP contribution in [0.2, 0.25) is 0 Å². The Balaban J connectivity index is 1.64. The van der Waals surface area contributed by atoms with Crippen LogP contribution in [0.15, 0.2) is 77.2 Å². The van der Waals surface area contributed by atoms with Gasteiger partial charge in [0, 0.05) is 12.7 Å². The summed E-state index contributed by atoms with van der Waals surface area (Å²) in [6, 6.07) is 24.1. The topological polar surface area (TPSA) is 44.5 Å². The maximum atomic E-state index is 6.01. The Morgan fingerprint density at radius 2 is 1.65 bits per heavy atom. The van der Waals surface area contributed by atoms with E-state index in [0.717, 1.165) is 33.5 Å². The zero-order valence-electron chi connectivity index (χ0n) is 14.5. The molecule has 4 heteroatoms. The van der Waals surface area contributed by atoms with E-state index in [9.17, 15) is 0 Å². The molecule has 130 valence electrons. The molecular formula is C22H19NO3. The Morgan fingerprint density at radius 1 is 0.808 bits per heavy atom. The molecule has 4 aromatic rings. The van der Waals surface area contributed by atoms with Gasteiger partial charge in [0.1, 0.15) is 17.9 Å². The molecule has 3 aromatic carbocycles. The third-order valence-corrected chi connectivity index (χ3v) is 4.13. The highest BCUT2D eigenvalue weighted by Crippen LogP contribution is 2.29. The van der Waals surface area contributed by atoms with Crippen molar-refractivity contribution in [2.75, 3.05) is 20.3 Å². The van der Waals surface area contributed by atoms with Crippen LogP contribution in [0.1, 0.15) is 0 Å². The number of fused-ring (bicyclic) bond motifs is 1. The molecule has 0 saturated heterocycles. The zero-order chi connectivity index (χ0) is 17.8. The third-order valence-electron chi connectivity index (χ3n) is 4.13. The number of rotatable bonds is 6. The van der Waals surface area contributed by atoms with Crippen molar-refractivity contribution >= 4 is 11.1 Å². The normalized spacial score (nSPS) is 11.0. The van der Waals surface area contributed by atoms with Crippen LogP contribution in [0.25, 0.3) is 33.7 Å². The quantitative estimate of drug-likeness (QED) is 0.451. The van der Waals surface area contributed by atoms with E-state index in [0.29, 0.717) is 19.1 Å². The molecule has 0 N–H and O–H groups in total. The summed E-state index contributed by atoms with van der Waals surface area (Å²) in [6.45, 7) is 1.06. The Morgan fingerprint density at radius 3 is 2.50 bits per heavy atom. The molecule has 4 rings (SSSR count). The van der Waals surface area contributed by atoms with Gasteiger partial charge in [-0.1, -0.05) is 42.5 Å². The SMILES string of the molecule is COCCOc1cccc(-c2nc3ccc(-c4ccccc4)cc3o2)c1. The highest BCUT2D eigenvalue weighted by molar-refractivity contribution is 5.82. The number of methoxy groups -OCH3 is 1. The minimum absolute atomic E-state index is 0.508. The Bertz CT molecular complexity index is 1010. The summed E-state index contributed by atoms with van der Waals surface area (Å²) >= 11 is 0. The molecule has 0 fully saturated rings. The van der Waals surface area contributed by atoms with Gasteiger partial charge in [-0.3, -0.25) is 0 Å². The summed E-state index contributed by atoms with van der Waals surface area (Å²) in [7, 11) is 1.65. The molecule has 0 atom stereocenters. The van der Waals surface area contributed by atoms with E-state index in [1.54, 1.807) is 7.11 Å². The van der Waals surface area contributed by atoms with Gasteiger partial charge in [-0.25, -0.2) is 4.98 Å². The molecule has 1 heterocycles. The number of oxazole rings is 1. The Labute approximate surface area is 152 Å². The highest BCUT2D eigenvalue weighted by Gasteiger charge is 2.10. The summed E-state index contributed by atoms with van der Waals surface area (Å²) in [4.78, 5) is 4.61. The van der Waals surface area contributed by atoms with E-state index in [1.807, 2.05) is 54.6 Å².